The third-order valence-corrected chi connectivity index (χ3v) is 6.82. The third kappa shape index (κ3) is 3.81. The molecule has 0 aliphatic carbocycles. The molecule has 0 aliphatic rings. The molecule has 8 heteroatoms. The molecule has 0 saturated heterocycles. The second kappa shape index (κ2) is 9.13. The van der Waals surface area contributed by atoms with Gasteiger partial charge in [-0.25, -0.2) is 0 Å². The van der Waals surface area contributed by atoms with Crippen molar-refractivity contribution < 1.29 is 19.0 Å². The lowest BCUT2D eigenvalue weighted by molar-refractivity contribution is -0.147. The number of pyridine rings is 2. The molecule has 4 aromatic heterocycles. The van der Waals surface area contributed by atoms with Gasteiger partial charge in [-0.15, -0.1) is 0 Å². The van der Waals surface area contributed by atoms with Crippen molar-refractivity contribution in [3.63, 3.8) is 0 Å². The van der Waals surface area contributed by atoms with Crippen LogP contribution in [0.15, 0.2) is 60.9 Å². The summed E-state index contributed by atoms with van der Waals surface area (Å²) < 4.78 is 17.0. The van der Waals surface area contributed by atoms with Crippen LogP contribution >= 0.6 is 0 Å². The molecule has 6 aromatic rings. The van der Waals surface area contributed by atoms with Crippen molar-refractivity contribution in [2.75, 3.05) is 14.2 Å². The zero-order valence-corrected chi connectivity index (χ0v) is 20.8. The number of nitrogens with one attached hydrogen (secondary N) is 2. The lowest BCUT2D eigenvalue weighted by Crippen LogP contribution is -2.12. The van der Waals surface area contributed by atoms with Crippen LogP contribution in [0.4, 0.5) is 0 Å². The van der Waals surface area contributed by atoms with E-state index >= 15 is 0 Å². The first-order valence-corrected chi connectivity index (χ1v) is 12.1. The van der Waals surface area contributed by atoms with Gasteiger partial charge in [0.2, 0.25) is 0 Å². The normalized spacial score (nSPS) is 12.4. The predicted molar refractivity (Wildman–Crippen MR) is 143 cm³/mol. The predicted octanol–water partition coefficient (Wildman–Crippen LogP) is 6.00. The van der Waals surface area contributed by atoms with Crippen molar-refractivity contribution in [3.05, 3.63) is 72.3 Å². The second-order valence-electron chi connectivity index (χ2n) is 8.96. The number of nitrogens with zero attached hydrogens (tertiary/aromatic N) is 2. The van der Waals surface area contributed by atoms with E-state index in [1.807, 2.05) is 42.5 Å². The first kappa shape index (κ1) is 22.8. The minimum Gasteiger partial charge on any atom is -0.495 e. The molecule has 2 N–H and O–H groups in total. The Kier molecular flexibility index (Phi) is 5.64. The van der Waals surface area contributed by atoms with Crippen molar-refractivity contribution >= 4 is 49.6 Å². The molecule has 186 valence electrons. The maximum Gasteiger partial charge on any atom is 0.303 e. The first-order valence-electron chi connectivity index (χ1n) is 12.1. The Morgan fingerprint density at radius 3 is 2.49 bits per heavy atom. The Labute approximate surface area is 212 Å². The molecular weight excluding hydrogens is 468 g/mol. The van der Waals surface area contributed by atoms with E-state index < -0.39 is 6.10 Å². The number of esters is 1. The topological polar surface area (TPSA) is 102 Å². The Morgan fingerprint density at radius 2 is 1.68 bits per heavy atom. The first-order chi connectivity index (χ1) is 18.1. The van der Waals surface area contributed by atoms with Crippen LogP contribution < -0.4 is 9.47 Å². The highest BCUT2D eigenvalue weighted by Gasteiger charge is 2.23. The van der Waals surface area contributed by atoms with E-state index in [-0.39, 0.29) is 5.97 Å². The van der Waals surface area contributed by atoms with Crippen LogP contribution in [-0.4, -0.2) is 40.1 Å². The van der Waals surface area contributed by atoms with Gasteiger partial charge in [0.05, 0.1) is 48.0 Å². The minimum atomic E-state index is -0.549. The molecule has 0 aliphatic heterocycles. The van der Waals surface area contributed by atoms with Gasteiger partial charge in [-0.3, -0.25) is 14.8 Å². The largest absolute Gasteiger partial charge is 0.495 e. The highest BCUT2D eigenvalue weighted by Crippen LogP contribution is 2.39. The number of aryl methyl sites for hydroxylation is 1. The van der Waals surface area contributed by atoms with Gasteiger partial charge < -0.3 is 24.2 Å². The van der Waals surface area contributed by atoms with Gasteiger partial charge in [-0.2, -0.15) is 0 Å². The molecule has 1 atom stereocenters. The minimum absolute atomic E-state index is 0.358. The Balaban J connectivity index is 1.43. The molecule has 0 spiro atoms. The van der Waals surface area contributed by atoms with E-state index in [0.717, 1.165) is 55.1 Å². The van der Waals surface area contributed by atoms with Gasteiger partial charge in [-0.05, 0) is 31.0 Å². The van der Waals surface area contributed by atoms with Crippen molar-refractivity contribution in [3.8, 4) is 11.5 Å². The number of hydrogen-bond acceptors (Lipinski definition) is 6. The number of hydrogen-bond donors (Lipinski definition) is 2. The molecule has 2 aromatic carbocycles. The summed E-state index contributed by atoms with van der Waals surface area (Å²) in [7, 11) is 3.29. The summed E-state index contributed by atoms with van der Waals surface area (Å²) in [6, 6.07) is 16.0. The molecule has 0 bridgehead atoms. The third-order valence-electron chi connectivity index (χ3n) is 6.82. The van der Waals surface area contributed by atoms with Crippen molar-refractivity contribution in [1.29, 1.82) is 0 Å². The number of fused-ring (bicyclic) bond motifs is 6. The maximum atomic E-state index is 12.1. The van der Waals surface area contributed by atoms with E-state index in [1.165, 1.54) is 6.92 Å². The van der Waals surface area contributed by atoms with Gasteiger partial charge >= 0.3 is 5.97 Å². The smallest absolute Gasteiger partial charge is 0.303 e. The zero-order chi connectivity index (χ0) is 25.5. The molecule has 0 amide bonds. The number of aromatic nitrogens is 4. The molecule has 1 unspecified atom stereocenters. The number of carbonyl (C=O) groups is 1. The molecule has 0 radical (unpaired) electrons. The van der Waals surface area contributed by atoms with Gasteiger partial charge in [0.15, 0.2) is 0 Å². The number of ether oxygens (including phenoxy) is 3. The SMILES string of the molecule is COc1cccc2c1[nH]c1c(CCC(OC(C)=O)c3nccc4c3[nH]c3ccccc34)ncc(OC)c12. The fourth-order valence-corrected chi connectivity index (χ4v) is 5.20. The van der Waals surface area contributed by atoms with Crippen LogP contribution in [0.5, 0.6) is 11.5 Å². The summed E-state index contributed by atoms with van der Waals surface area (Å²) in [6.45, 7) is 1.42. The quantitative estimate of drug-likeness (QED) is 0.264. The highest BCUT2D eigenvalue weighted by atomic mass is 16.5. The van der Waals surface area contributed by atoms with E-state index in [4.69, 9.17) is 19.2 Å². The summed E-state index contributed by atoms with van der Waals surface area (Å²) in [5.41, 5.74) is 5.19. The Morgan fingerprint density at radius 1 is 0.865 bits per heavy atom. The fraction of sp³-hybridized carbons (Fsp3) is 0.207. The highest BCUT2D eigenvalue weighted by molar-refractivity contribution is 6.12. The standard InChI is InChI=1S/C29H26N4O4/c1-16(34)37-23(29-27-18(13-14-30-29)17-7-4-5-9-20(17)32-27)12-11-21-28-25(24(36-3)15-31-21)19-8-6-10-22(35-2)26(19)33-28/h4-10,13-15,23,32-33H,11-12H2,1-3H3. The number of aromatic amines is 2. The summed E-state index contributed by atoms with van der Waals surface area (Å²) in [6.07, 6.45) is 4.00. The fourth-order valence-electron chi connectivity index (χ4n) is 5.20. The summed E-state index contributed by atoms with van der Waals surface area (Å²) in [5, 5.41) is 4.09. The molecule has 4 heterocycles. The van der Waals surface area contributed by atoms with E-state index in [0.29, 0.717) is 24.3 Å². The summed E-state index contributed by atoms with van der Waals surface area (Å²) in [5.74, 6) is 1.07. The van der Waals surface area contributed by atoms with E-state index in [2.05, 4.69) is 21.0 Å². The lowest BCUT2D eigenvalue weighted by atomic mass is 10.0. The average molecular weight is 495 g/mol. The van der Waals surface area contributed by atoms with Crippen LogP contribution in [0.3, 0.4) is 0 Å². The molecule has 37 heavy (non-hydrogen) atoms. The lowest BCUT2D eigenvalue weighted by Gasteiger charge is -2.17. The van der Waals surface area contributed by atoms with Crippen molar-refractivity contribution in [2.45, 2.75) is 25.9 Å². The Bertz CT molecular complexity index is 1790. The van der Waals surface area contributed by atoms with Crippen LogP contribution in [0.2, 0.25) is 0 Å². The molecule has 0 saturated carbocycles. The Hall–Kier alpha value is -4.59. The number of H-pyrrole nitrogens is 2. The van der Waals surface area contributed by atoms with Crippen molar-refractivity contribution in [1.82, 2.24) is 19.9 Å². The zero-order valence-electron chi connectivity index (χ0n) is 20.8. The summed E-state index contributed by atoms with van der Waals surface area (Å²) in [4.78, 5) is 28.4. The van der Waals surface area contributed by atoms with Crippen LogP contribution in [0, 0.1) is 0 Å². The van der Waals surface area contributed by atoms with Crippen LogP contribution in [0.1, 0.15) is 30.8 Å². The molecule has 8 nitrogen and oxygen atoms in total. The number of para-hydroxylation sites is 2. The number of carbonyl (C=O) groups excluding carboxylic acids is 1. The van der Waals surface area contributed by atoms with E-state index in [1.54, 1.807) is 26.6 Å². The van der Waals surface area contributed by atoms with Crippen LogP contribution in [-0.2, 0) is 16.0 Å². The van der Waals surface area contributed by atoms with Gasteiger partial charge in [-0.1, -0.05) is 30.3 Å². The monoisotopic (exact) mass is 494 g/mol. The molecular formula is C29H26N4O4. The second-order valence-corrected chi connectivity index (χ2v) is 8.96. The maximum absolute atomic E-state index is 12.1. The van der Waals surface area contributed by atoms with Gasteiger partial charge in [0.1, 0.15) is 23.3 Å². The average Bonchev–Trinajstić information content (AvgIpc) is 3.50. The van der Waals surface area contributed by atoms with Crippen LogP contribution in [0.25, 0.3) is 43.6 Å². The molecule has 0 fully saturated rings. The van der Waals surface area contributed by atoms with Gasteiger partial charge in [0.25, 0.3) is 0 Å². The van der Waals surface area contributed by atoms with Crippen molar-refractivity contribution in [2.24, 2.45) is 0 Å². The number of methoxy groups -OCH3 is 2. The molecule has 6 rings (SSSR count). The van der Waals surface area contributed by atoms with E-state index in [9.17, 15) is 4.79 Å². The summed E-state index contributed by atoms with van der Waals surface area (Å²) >= 11 is 0. The number of benzene rings is 2. The number of rotatable bonds is 7. The van der Waals surface area contributed by atoms with Gasteiger partial charge in [0, 0.05) is 34.8 Å².